The van der Waals surface area contributed by atoms with Gasteiger partial charge >= 0.3 is 0 Å². The molecule has 0 aliphatic rings. The van der Waals surface area contributed by atoms with Crippen molar-refractivity contribution in [3.63, 3.8) is 0 Å². The lowest BCUT2D eigenvalue weighted by Gasteiger charge is -2.26. The Balaban J connectivity index is 2.78. The molecule has 0 amide bonds. The minimum atomic E-state index is -0.549. The summed E-state index contributed by atoms with van der Waals surface area (Å²) < 4.78 is 6.02. The number of nitrogens with zero attached hydrogens (tertiary/aromatic N) is 1. The first-order valence-corrected chi connectivity index (χ1v) is 6.77. The predicted molar refractivity (Wildman–Crippen MR) is 78.3 cm³/mol. The molecular formula is C16H24N2O. The van der Waals surface area contributed by atoms with Crippen LogP contribution in [0.25, 0.3) is 0 Å². The second kappa shape index (κ2) is 6.58. The number of rotatable bonds is 6. The summed E-state index contributed by atoms with van der Waals surface area (Å²) in [4.78, 5) is 0. The summed E-state index contributed by atoms with van der Waals surface area (Å²) in [6.07, 6.45) is 0.629. The molecular weight excluding hydrogens is 236 g/mol. The Hall–Kier alpha value is -1.53. The van der Waals surface area contributed by atoms with Crippen LogP contribution >= 0.6 is 0 Å². The Bertz CT molecular complexity index is 450. The lowest BCUT2D eigenvalue weighted by atomic mass is 9.96. The largest absolute Gasteiger partial charge is 0.490 e. The Morgan fingerprint density at radius 1 is 1.32 bits per heavy atom. The summed E-state index contributed by atoms with van der Waals surface area (Å²) in [5, 5.41) is 12.2. The van der Waals surface area contributed by atoms with Crippen LogP contribution in [0.15, 0.2) is 24.3 Å². The minimum absolute atomic E-state index is 0.0167. The highest BCUT2D eigenvalue weighted by atomic mass is 16.5. The van der Waals surface area contributed by atoms with E-state index in [2.05, 4.69) is 31.3 Å². The number of ether oxygens (including phenoxy) is 1. The summed E-state index contributed by atoms with van der Waals surface area (Å²) in [5.74, 6) is 1.34. The maximum absolute atomic E-state index is 9.18. The smallest absolute Gasteiger partial charge is 0.123 e. The number of para-hydroxylation sites is 1. The van der Waals surface area contributed by atoms with Crippen molar-refractivity contribution in [1.29, 1.82) is 5.26 Å². The maximum Gasteiger partial charge on any atom is 0.123 e. The fourth-order valence-corrected chi connectivity index (χ4v) is 2.10. The van der Waals surface area contributed by atoms with Crippen molar-refractivity contribution in [3.8, 4) is 11.8 Å². The van der Waals surface area contributed by atoms with Gasteiger partial charge in [0, 0.05) is 6.42 Å². The molecule has 0 heterocycles. The molecule has 0 saturated carbocycles. The van der Waals surface area contributed by atoms with Gasteiger partial charge in [-0.3, -0.25) is 0 Å². The van der Waals surface area contributed by atoms with E-state index >= 15 is 0 Å². The summed E-state index contributed by atoms with van der Waals surface area (Å²) in [6, 6.07) is 10.4. The van der Waals surface area contributed by atoms with Gasteiger partial charge < -0.3 is 10.1 Å². The van der Waals surface area contributed by atoms with Crippen LogP contribution in [0, 0.1) is 11.3 Å². The van der Waals surface area contributed by atoms with Crippen molar-refractivity contribution >= 4 is 0 Å². The Morgan fingerprint density at radius 2 is 1.95 bits per heavy atom. The van der Waals surface area contributed by atoms with Crippen molar-refractivity contribution < 1.29 is 4.74 Å². The molecule has 2 atom stereocenters. The molecule has 0 fully saturated rings. The minimum Gasteiger partial charge on any atom is -0.490 e. The number of nitrogens with one attached hydrogen (secondary N) is 1. The molecule has 1 N–H and O–H groups in total. The summed E-state index contributed by atoms with van der Waals surface area (Å²) in [7, 11) is 1.80. The van der Waals surface area contributed by atoms with Crippen molar-refractivity contribution in [2.24, 2.45) is 0 Å². The van der Waals surface area contributed by atoms with Gasteiger partial charge in [0.1, 0.15) is 11.3 Å². The van der Waals surface area contributed by atoms with Gasteiger partial charge in [0.05, 0.1) is 12.2 Å². The monoisotopic (exact) mass is 260 g/mol. The van der Waals surface area contributed by atoms with Gasteiger partial charge in [-0.1, -0.05) is 32.0 Å². The molecule has 0 aliphatic heterocycles. The third-order valence-corrected chi connectivity index (χ3v) is 3.36. The molecule has 0 saturated heterocycles. The van der Waals surface area contributed by atoms with E-state index in [1.165, 1.54) is 5.56 Å². The van der Waals surface area contributed by atoms with Crippen LogP contribution < -0.4 is 10.1 Å². The molecule has 0 spiro atoms. The number of hydrogen-bond acceptors (Lipinski definition) is 3. The molecule has 3 heteroatoms. The highest BCUT2D eigenvalue weighted by molar-refractivity contribution is 5.35. The molecule has 3 nitrogen and oxygen atoms in total. The molecule has 0 bridgehead atoms. The third-order valence-electron chi connectivity index (χ3n) is 3.36. The summed E-state index contributed by atoms with van der Waals surface area (Å²) >= 11 is 0. The van der Waals surface area contributed by atoms with Gasteiger partial charge in [-0.25, -0.2) is 0 Å². The zero-order valence-electron chi connectivity index (χ0n) is 12.5. The predicted octanol–water partition coefficient (Wildman–Crippen LogP) is 3.47. The summed E-state index contributed by atoms with van der Waals surface area (Å²) in [6.45, 7) is 8.20. The van der Waals surface area contributed by atoms with Gasteiger partial charge in [0.25, 0.3) is 0 Å². The molecule has 0 aromatic heterocycles. The second-order valence-corrected chi connectivity index (χ2v) is 5.52. The molecule has 1 aromatic rings. The SMILES string of the molecule is CNC(C)(C#N)CC(C)Oc1ccccc1C(C)C. The molecule has 104 valence electrons. The van der Waals surface area contributed by atoms with Gasteiger partial charge in [-0.05, 0) is 38.4 Å². The van der Waals surface area contributed by atoms with Crippen LogP contribution in [-0.4, -0.2) is 18.7 Å². The van der Waals surface area contributed by atoms with Crippen molar-refractivity contribution in [1.82, 2.24) is 5.32 Å². The Morgan fingerprint density at radius 3 is 2.47 bits per heavy atom. The number of benzene rings is 1. The maximum atomic E-state index is 9.18. The Labute approximate surface area is 116 Å². The van der Waals surface area contributed by atoms with Crippen LogP contribution in [0.3, 0.4) is 0 Å². The van der Waals surface area contributed by atoms with Crippen molar-refractivity contribution in [2.45, 2.75) is 51.7 Å². The van der Waals surface area contributed by atoms with E-state index in [9.17, 15) is 5.26 Å². The lowest BCUT2D eigenvalue weighted by Crippen LogP contribution is -2.41. The van der Waals surface area contributed by atoms with Crippen LogP contribution in [0.2, 0.25) is 0 Å². The molecule has 2 unspecified atom stereocenters. The van der Waals surface area contributed by atoms with Crippen LogP contribution in [-0.2, 0) is 0 Å². The van der Waals surface area contributed by atoms with Crippen molar-refractivity contribution in [3.05, 3.63) is 29.8 Å². The first-order valence-electron chi connectivity index (χ1n) is 6.77. The van der Waals surface area contributed by atoms with Gasteiger partial charge in [0.2, 0.25) is 0 Å². The third kappa shape index (κ3) is 4.25. The van der Waals surface area contributed by atoms with E-state index in [0.717, 1.165) is 5.75 Å². The fourth-order valence-electron chi connectivity index (χ4n) is 2.10. The highest BCUT2D eigenvalue weighted by Gasteiger charge is 2.25. The first kappa shape index (κ1) is 15.5. The van der Waals surface area contributed by atoms with E-state index in [1.54, 1.807) is 7.05 Å². The Kier molecular flexibility index (Phi) is 5.38. The average molecular weight is 260 g/mol. The van der Waals surface area contributed by atoms with Gasteiger partial charge in [0.15, 0.2) is 0 Å². The van der Waals surface area contributed by atoms with E-state index in [1.807, 2.05) is 32.0 Å². The van der Waals surface area contributed by atoms with Gasteiger partial charge in [-0.2, -0.15) is 5.26 Å². The standard InChI is InChI=1S/C16H24N2O/c1-12(2)14-8-6-7-9-15(14)19-13(3)10-16(4,11-17)18-5/h6-9,12-13,18H,10H2,1-5H3. The number of nitriles is 1. The topological polar surface area (TPSA) is 45.0 Å². The summed E-state index contributed by atoms with van der Waals surface area (Å²) in [5.41, 5.74) is 0.657. The molecule has 0 radical (unpaired) electrons. The van der Waals surface area contributed by atoms with E-state index in [4.69, 9.17) is 4.74 Å². The van der Waals surface area contributed by atoms with E-state index < -0.39 is 5.54 Å². The van der Waals surface area contributed by atoms with Gasteiger partial charge in [-0.15, -0.1) is 0 Å². The number of hydrogen-bond donors (Lipinski definition) is 1. The zero-order chi connectivity index (χ0) is 14.5. The van der Waals surface area contributed by atoms with E-state index in [-0.39, 0.29) is 6.10 Å². The average Bonchev–Trinajstić information content (AvgIpc) is 2.38. The molecule has 0 aliphatic carbocycles. The van der Waals surface area contributed by atoms with Crippen LogP contribution in [0.4, 0.5) is 0 Å². The fraction of sp³-hybridized carbons (Fsp3) is 0.562. The molecule has 19 heavy (non-hydrogen) atoms. The van der Waals surface area contributed by atoms with E-state index in [0.29, 0.717) is 12.3 Å². The first-order chi connectivity index (χ1) is 8.91. The quantitative estimate of drug-likeness (QED) is 0.851. The zero-order valence-corrected chi connectivity index (χ0v) is 12.5. The normalized spacial score (nSPS) is 15.6. The molecule has 1 rings (SSSR count). The highest BCUT2D eigenvalue weighted by Crippen LogP contribution is 2.27. The second-order valence-electron chi connectivity index (χ2n) is 5.52. The lowest BCUT2D eigenvalue weighted by molar-refractivity contribution is 0.180. The van der Waals surface area contributed by atoms with Crippen LogP contribution in [0.1, 0.15) is 45.6 Å². The molecule has 1 aromatic carbocycles. The van der Waals surface area contributed by atoms with Crippen molar-refractivity contribution in [2.75, 3.05) is 7.05 Å². The van der Waals surface area contributed by atoms with Crippen LogP contribution in [0.5, 0.6) is 5.75 Å².